The molecule has 140 valence electrons. The van der Waals surface area contributed by atoms with Crippen molar-refractivity contribution in [3.63, 3.8) is 0 Å². The highest BCUT2D eigenvalue weighted by molar-refractivity contribution is 7.89. The third-order valence-corrected chi connectivity index (χ3v) is 6.68. The van der Waals surface area contributed by atoms with Gasteiger partial charge in [0.1, 0.15) is 11.5 Å². The first-order chi connectivity index (χ1) is 12.3. The van der Waals surface area contributed by atoms with E-state index in [0.717, 1.165) is 29.7 Å². The summed E-state index contributed by atoms with van der Waals surface area (Å²) < 4.78 is 39.0. The van der Waals surface area contributed by atoms with Crippen molar-refractivity contribution >= 4 is 10.0 Å². The fourth-order valence-electron chi connectivity index (χ4n) is 3.25. The fraction of sp³-hybridized carbons (Fsp3) is 0.400. The molecule has 0 aromatic heterocycles. The van der Waals surface area contributed by atoms with Crippen molar-refractivity contribution < 1.29 is 17.9 Å². The van der Waals surface area contributed by atoms with Gasteiger partial charge < -0.3 is 9.47 Å². The number of hydrogen-bond acceptors (Lipinski definition) is 4. The number of sulfonamides is 1. The Balaban J connectivity index is 1.79. The zero-order valence-electron chi connectivity index (χ0n) is 15.6. The summed E-state index contributed by atoms with van der Waals surface area (Å²) in [4.78, 5) is 0.307. The molecule has 0 heterocycles. The summed E-state index contributed by atoms with van der Waals surface area (Å²) in [6.45, 7) is 4.02. The molecule has 0 amide bonds. The second kappa shape index (κ2) is 6.93. The Hall–Kier alpha value is -2.05. The highest BCUT2D eigenvalue weighted by atomic mass is 32.2. The quantitative estimate of drug-likeness (QED) is 0.806. The molecule has 0 bridgehead atoms. The van der Waals surface area contributed by atoms with Gasteiger partial charge in [-0.3, -0.25) is 0 Å². The number of hydrogen-bond donors (Lipinski definition) is 1. The van der Waals surface area contributed by atoms with Crippen LogP contribution in [0.4, 0.5) is 0 Å². The second-order valence-corrected chi connectivity index (χ2v) is 8.66. The summed E-state index contributed by atoms with van der Waals surface area (Å²) in [6, 6.07) is 11.3. The maximum Gasteiger partial charge on any atom is 0.240 e. The summed E-state index contributed by atoms with van der Waals surface area (Å²) in [5.74, 6) is 1.49. The lowest BCUT2D eigenvalue weighted by molar-refractivity contribution is 0.411. The molecule has 6 heteroatoms. The van der Waals surface area contributed by atoms with Crippen molar-refractivity contribution in [2.75, 3.05) is 20.8 Å². The van der Waals surface area contributed by atoms with Crippen LogP contribution in [0.2, 0.25) is 0 Å². The molecule has 2 aromatic carbocycles. The Morgan fingerprint density at radius 2 is 1.65 bits per heavy atom. The molecule has 1 saturated carbocycles. The predicted molar refractivity (Wildman–Crippen MR) is 102 cm³/mol. The van der Waals surface area contributed by atoms with Crippen LogP contribution in [0.5, 0.6) is 11.5 Å². The van der Waals surface area contributed by atoms with Gasteiger partial charge in [0.2, 0.25) is 10.0 Å². The molecular weight excluding hydrogens is 350 g/mol. The molecule has 1 aliphatic rings. The van der Waals surface area contributed by atoms with E-state index in [4.69, 9.17) is 9.47 Å². The first-order valence-corrected chi connectivity index (χ1v) is 10.1. The molecule has 0 radical (unpaired) electrons. The summed E-state index contributed by atoms with van der Waals surface area (Å²) in [6.07, 6.45) is 1.95. The molecule has 0 aliphatic heterocycles. The molecule has 1 fully saturated rings. The Morgan fingerprint density at radius 3 is 2.19 bits per heavy atom. The van der Waals surface area contributed by atoms with Gasteiger partial charge in [-0.15, -0.1) is 0 Å². The number of nitrogens with one attached hydrogen (secondary N) is 1. The van der Waals surface area contributed by atoms with Gasteiger partial charge in [0.25, 0.3) is 0 Å². The summed E-state index contributed by atoms with van der Waals surface area (Å²) in [5, 5.41) is 0. The number of ether oxygens (including phenoxy) is 2. The van der Waals surface area contributed by atoms with Crippen molar-refractivity contribution in [1.82, 2.24) is 4.72 Å². The van der Waals surface area contributed by atoms with Crippen molar-refractivity contribution in [3.05, 3.63) is 53.1 Å². The molecule has 0 atom stereocenters. The van der Waals surface area contributed by atoms with Crippen molar-refractivity contribution in [2.45, 2.75) is 37.0 Å². The third kappa shape index (κ3) is 3.57. The van der Waals surface area contributed by atoms with Crippen LogP contribution < -0.4 is 14.2 Å². The summed E-state index contributed by atoms with van der Waals surface area (Å²) in [7, 11) is -0.365. The average molecular weight is 375 g/mol. The third-order valence-electron chi connectivity index (χ3n) is 5.14. The normalized spacial score (nSPS) is 15.5. The molecule has 0 saturated heterocycles. The maximum absolute atomic E-state index is 12.8. The molecule has 3 rings (SSSR count). The van der Waals surface area contributed by atoms with E-state index in [-0.39, 0.29) is 5.41 Å². The first kappa shape index (κ1) is 18.7. The van der Waals surface area contributed by atoms with Crippen LogP contribution >= 0.6 is 0 Å². The molecule has 26 heavy (non-hydrogen) atoms. The van der Waals surface area contributed by atoms with Crippen LogP contribution in [-0.2, 0) is 15.4 Å². The van der Waals surface area contributed by atoms with Crippen LogP contribution in [-0.4, -0.2) is 29.2 Å². The Kier molecular flexibility index (Phi) is 4.99. The molecule has 2 aromatic rings. The van der Waals surface area contributed by atoms with Gasteiger partial charge in [0, 0.05) is 12.0 Å². The van der Waals surface area contributed by atoms with E-state index in [0.29, 0.717) is 22.8 Å². The highest BCUT2D eigenvalue weighted by Gasteiger charge is 2.44. The van der Waals surface area contributed by atoms with Crippen LogP contribution in [0.15, 0.2) is 41.3 Å². The standard InChI is InChI=1S/C20H25NO4S/c1-14-12-19(15(2)11-18(14)25-4)26(22,23)21-13-20(9-10-20)16-5-7-17(24-3)8-6-16/h5-8,11-12,21H,9-10,13H2,1-4H3. The van der Waals surface area contributed by atoms with Gasteiger partial charge in [0.05, 0.1) is 19.1 Å². The number of methoxy groups -OCH3 is 2. The number of rotatable bonds is 7. The minimum Gasteiger partial charge on any atom is -0.497 e. The molecule has 0 unspecified atom stereocenters. The molecule has 1 N–H and O–H groups in total. The SMILES string of the molecule is COc1ccc(C2(CNS(=O)(=O)c3cc(C)c(OC)cc3C)CC2)cc1. The monoisotopic (exact) mass is 375 g/mol. The second-order valence-electron chi connectivity index (χ2n) is 6.92. The summed E-state index contributed by atoms with van der Waals surface area (Å²) in [5.41, 5.74) is 2.50. The summed E-state index contributed by atoms with van der Waals surface area (Å²) >= 11 is 0. The van der Waals surface area contributed by atoms with Crippen LogP contribution in [0, 0.1) is 13.8 Å². The fourth-order valence-corrected chi connectivity index (χ4v) is 4.68. The topological polar surface area (TPSA) is 64.6 Å². The zero-order valence-corrected chi connectivity index (χ0v) is 16.4. The van der Waals surface area contributed by atoms with Crippen LogP contribution in [0.25, 0.3) is 0 Å². The minimum atomic E-state index is -3.58. The van der Waals surface area contributed by atoms with Crippen molar-refractivity contribution in [1.29, 1.82) is 0 Å². The lowest BCUT2D eigenvalue weighted by atomic mass is 9.96. The van der Waals surface area contributed by atoms with Gasteiger partial charge in [0.15, 0.2) is 0 Å². The van der Waals surface area contributed by atoms with E-state index < -0.39 is 10.0 Å². The van der Waals surface area contributed by atoms with E-state index in [1.54, 1.807) is 33.3 Å². The largest absolute Gasteiger partial charge is 0.497 e. The van der Waals surface area contributed by atoms with Crippen LogP contribution in [0.1, 0.15) is 29.5 Å². The number of aryl methyl sites for hydroxylation is 2. The van der Waals surface area contributed by atoms with Gasteiger partial charge in [-0.25, -0.2) is 13.1 Å². The van der Waals surface area contributed by atoms with Gasteiger partial charge in [-0.1, -0.05) is 12.1 Å². The number of benzene rings is 2. The molecule has 1 aliphatic carbocycles. The van der Waals surface area contributed by atoms with E-state index in [2.05, 4.69) is 4.72 Å². The van der Waals surface area contributed by atoms with E-state index in [1.807, 2.05) is 31.2 Å². The minimum absolute atomic E-state index is 0.116. The lowest BCUT2D eigenvalue weighted by Gasteiger charge is -2.18. The van der Waals surface area contributed by atoms with E-state index >= 15 is 0 Å². The van der Waals surface area contributed by atoms with E-state index in [1.165, 1.54) is 0 Å². The van der Waals surface area contributed by atoms with Gasteiger partial charge in [-0.2, -0.15) is 0 Å². The molecule has 5 nitrogen and oxygen atoms in total. The smallest absolute Gasteiger partial charge is 0.240 e. The average Bonchev–Trinajstić information content (AvgIpc) is 3.43. The zero-order chi connectivity index (χ0) is 18.9. The Labute approximate surface area is 155 Å². The van der Waals surface area contributed by atoms with Crippen molar-refractivity contribution in [3.8, 4) is 11.5 Å². The van der Waals surface area contributed by atoms with Crippen molar-refractivity contribution in [2.24, 2.45) is 0 Å². The predicted octanol–water partition coefficient (Wildman–Crippen LogP) is 3.33. The Bertz CT molecular complexity index is 900. The maximum atomic E-state index is 12.8. The van der Waals surface area contributed by atoms with Crippen LogP contribution in [0.3, 0.4) is 0 Å². The lowest BCUT2D eigenvalue weighted by Crippen LogP contribution is -2.32. The first-order valence-electron chi connectivity index (χ1n) is 8.61. The van der Waals surface area contributed by atoms with E-state index in [9.17, 15) is 8.42 Å². The highest BCUT2D eigenvalue weighted by Crippen LogP contribution is 2.48. The molecular formula is C20H25NO4S. The Morgan fingerprint density at radius 1 is 1.00 bits per heavy atom. The van der Waals surface area contributed by atoms with Gasteiger partial charge >= 0.3 is 0 Å². The molecule has 0 spiro atoms. The van der Waals surface area contributed by atoms with Gasteiger partial charge in [-0.05, 0) is 67.6 Å².